The van der Waals surface area contributed by atoms with E-state index in [-0.39, 0.29) is 16.8 Å². The van der Waals surface area contributed by atoms with E-state index in [0.29, 0.717) is 5.82 Å². The SMILES string of the molecule is Cc1c(-c2cc(F)c(F)c(F)c2)nc(C(C)(C)C)[nH]c1=O. The first-order valence-electron chi connectivity index (χ1n) is 6.37. The van der Waals surface area contributed by atoms with Crippen LogP contribution in [0, 0.1) is 24.4 Å². The Hall–Kier alpha value is -2.11. The third-order valence-corrected chi connectivity index (χ3v) is 3.12. The van der Waals surface area contributed by atoms with Gasteiger partial charge >= 0.3 is 0 Å². The van der Waals surface area contributed by atoms with Crippen LogP contribution in [0.15, 0.2) is 16.9 Å². The second-order valence-electron chi connectivity index (χ2n) is 5.89. The van der Waals surface area contributed by atoms with Gasteiger partial charge in [0.2, 0.25) is 0 Å². The van der Waals surface area contributed by atoms with Crippen molar-refractivity contribution in [2.75, 3.05) is 0 Å². The Kier molecular flexibility index (Phi) is 3.65. The van der Waals surface area contributed by atoms with Crippen molar-refractivity contribution in [3.8, 4) is 11.3 Å². The van der Waals surface area contributed by atoms with Crippen LogP contribution in [0.4, 0.5) is 13.2 Å². The van der Waals surface area contributed by atoms with Crippen molar-refractivity contribution in [2.24, 2.45) is 0 Å². The van der Waals surface area contributed by atoms with Gasteiger partial charge in [0.05, 0.1) is 5.69 Å². The first-order valence-corrected chi connectivity index (χ1v) is 6.37. The molecule has 1 heterocycles. The van der Waals surface area contributed by atoms with Gasteiger partial charge in [0, 0.05) is 16.5 Å². The fourth-order valence-corrected chi connectivity index (χ4v) is 1.86. The van der Waals surface area contributed by atoms with Crippen molar-refractivity contribution >= 4 is 0 Å². The van der Waals surface area contributed by atoms with E-state index < -0.39 is 28.4 Å². The number of benzene rings is 1. The van der Waals surface area contributed by atoms with Crippen LogP contribution >= 0.6 is 0 Å². The Bertz CT molecular complexity index is 737. The predicted octanol–water partition coefficient (Wildman–Crippen LogP) is 3.46. The van der Waals surface area contributed by atoms with Gasteiger partial charge < -0.3 is 4.98 Å². The molecular formula is C15H15F3N2O. The maximum atomic E-state index is 13.4. The maximum Gasteiger partial charge on any atom is 0.254 e. The molecule has 0 saturated carbocycles. The summed E-state index contributed by atoms with van der Waals surface area (Å²) in [5.74, 6) is -3.79. The highest BCUT2D eigenvalue weighted by Crippen LogP contribution is 2.26. The smallest absolute Gasteiger partial charge is 0.254 e. The van der Waals surface area contributed by atoms with E-state index in [1.807, 2.05) is 20.8 Å². The van der Waals surface area contributed by atoms with Crippen molar-refractivity contribution in [2.45, 2.75) is 33.1 Å². The molecule has 1 aromatic heterocycles. The molecule has 0 radical (unpaired) electrons. The predicted molar refractivity (Wildman–Crippen MR) is 73.6 cm³/mol. The number of rotatable bonds is 1. The summed E-state index contributed by atoms with van der Waals surface area (Å²) in [4.78, 5) is 18.9. The van der Waals surface area contributed by atoms with Crippen LogP contribution in [0.2, 0.25) is 0 Å². The molecule has 0 saturated heterocycles. The lowest BCUT2D eigenvalue weighted by atomic mass is 9.95. The molecule has 21 heavy (non-hydrogen) atoms. The van der Waals surface area contributed by atoms with E-state index in [4.69, 9.17) is 0 Å². The van der Waals surface area contributed by atoms with Crippen molar-refractivity contribution in [1.82, 2.24) is 9.97 Å². The average Bonchev–Trinajstić information content (AvgIpc) is 2.37. The third kappa shape index (κ3) is 2.84. The molecule has 6 heteroatoms. The minimum absolute atomic E-state index is 0.0282. The molecule has 112 valence electrons. The lowest BCUT2D eigenvalue weighted by Crippen LogP contribution is -2.24. The van der Waals surface area contributed by atoms with Crippen molar-refractivity contribution in [1.29, 1.82) is 0 Å². The van der Waals surface area contributed by atoms with Gasteiger partial charge in [-0.3, -0.25) is 4.79 Å². The van der Waals surface area contributed by atoms with Gasteiger partial charge in [0.25, 0.3) is 5.56 Å². The standard InChI is InChI=1S/C15H15F3N2O/c1-7-12(8-5-9(16)11(18)10(17)6-8)19-14(15(2,3)4)20-13(7)21/h5-6H,1-4H3,(H,19,20,21). The highest BCUT2D eigenvalue weighted by molar-refractivity contribution is 5.62. The number of hydrogen-bond donors (Lipinski definition) is 1. The molecule has 0 atom stereocenters. The molecule has 0 bridgehead atoms. The number of aromatic amines is 1. The van der Waals surface area contributed by atoms with E-state index in [1.165, 1.54) is 6.92 Å². The molecule has 0 aliphatic carbocycles. The summed E-state index contributed by atoms with van der Waals surface area (Å²) in [5, 5.41) is 0. The number of nitrogens with zero attached hydrogens (tertiary/aromatic N) is 1. The van der Waals surface area contributed by atoms with Crippen LogP contribution < -0.4 is 5.56 Å². The fourth-order valence-electron chi connectivity index (χ4n) is 1.86. The molecule has 0 spiro atoms. The number of aromatic nitrogens is 2. The highest BCUT2D eigenvalue weighted by atomic mass is 19.2. The Morgan fingerprint density at radius 3 is 2.10 bits per heavy atom. The Morgan fingerprint density at radius 2 is 1.62 bits per heavy atom. The normalized spacial score (nSPS) is 11.8. The first-order chi connectivity index (χ1) is 9.61. The van der Waals surface area contributed by atoms with E-state index in [0.717, 1.165) is 12.1 Å². The highest BCUT2D eigenvalue weighted by Gasteiger charge is 2.21. The number of H-pyrrole nitrogens is 1. The Balaban J connectivity index is 2.75. The number of halogens is 3. The average molecular weight is 296 g/mol. The topological polar surface area (TPSA) is 45.8 Å². The van der Waals surface area contributed by atoms with E-state index in [9.17, 15) is 18.0 Å². The maximum absolute atomic E-state index is 13.4. The van der Waals surface area contributed by atoms with E-state index in [2.05, 4.69) is 9.97 Å². The van der Waals surface area contributed by atoms with Gasteiger partial charge in [-0.05, 0) is 19.1 Å². The quantitative estimate of drug-likeness (QED) is 0.819. The molecule has 1 aromatic carbocycles. The zero-order valence-electron chi connectivity index (χ0n) is 12.1. The van der Waals surface area contributed by atoms with Crippen LogP contribution in [0.3, 0.4) is 0 Å². The summed E-state index contributed by atoms with van der Waals surface area (Å²) < 4.78 is 39.8. The molecule has 0 amide bonds. The summed E-state index contributed by atoms with van der Waals surface area (Å²) in [7, 11) is 0. The minimum atomic E-state index is -1.54. The van der Waals surface area contributed by atoms with Crippen LogP contribution in [-0.2, 0) is 5.41 Å². The summed E-state index contributed by atoms with van der Waals surface area (Å²) in [6, 6.07) is 1.67. The minimum Gasteiger partial charge on any atom is -0.310 e. The van der Waals surface area contributed by atoms with Crippen molar-refractivity contribution in [3.63, 3.8) is 0 Å². The van der Waals surface area contributed by atoms with Gasteiger partial charge in [-0.15, -0.1) is 0 Å². The zero-order chi connectivity index (χ0) is 15.9. The van der Waals surface area contributed by atoms with Gasteiger partial charge in [-0.2, -0.15) is 0 Å². The van der Waals surface area contributed by atoms with Gasteiger partial charge in [0.1, 0.15) is 5.82 Å². The zero-order valence-corrected chi connectivity index (χ0v) is 12.1. The molecule has 1 N–H and O–H groups in total. The molecule has 3 nitrogen and oxygen atoms in total. The summed E-state index contributed by atoms with van der Waals surface area (Å²) in [5.41, 5.74) is -0.455. The lowest BCUT2D eigenvalue weighted by Gasteiger charge is -2.18. The van der Waals surface area contributed by atoms with Crippen molar-refractivity contribution in [3.05, 3.63) is 51.3 Å². The molecule has 0 unspecified atom stereocenters. The molecular weight excluding hydrogens is 281 g/mol. The van der Waals surface area contributed by atoms with Gasteiger partial charge in [-0.1, -0.05) is 20.8 Å². The van der Waals surface area contributed by atoms with Gasteiger partial charge in [0.15, 0.2) is 17.5 Å². The summed E-state index contributed by atoms with van der Waals surface area (Å²) in [6.45, 7) is 7.02. The largest absolute Gasteiger partial charge is 0.310 e. The second-order valence-corrected chi connectivity index (χ2v) is 5.89. The molecule has 0 fully saturated rings. The Labute approximate surface area is 119 Å². The molecule has 2 aromatic rings. The number of hydrogen-bond acceptors (Lipinski definition) is 2. The van der Waals surface area contributed by atoms with E-state index >= 15 is 0 Å². The van der Waals surface area contributed by atoms with Gasteiger partial charge in [-0.25, -0.2) is 18.2 Å². The first kappa shape index (κ1) is 15.3. The monoisotopic (exact) mass is 296 g/mol. The third-order valence-electron chi connectivity index (χ3n) is 3.12. The lowest BCUT2D eigenvalue weighted by molar-refractivity contribution is 0.447. The Morgan fingerprint density at radius 1 is 1.10 bits per heavy atom. The fraction of sp³-hybridized carbons (Fsp3) is 0.333. The summed E-state index contributed by atoms with van der Waals surface area (Å²) in [6.07, 6.45) is 0. The van der Waals surface area contributed by atoms with Crippen LogP contribution in [-0.4, -0.2) is 9.97 Å². The summed E-state index contributed by atoms with van der Waals surface area (Å²) >= 11 is 0. The molecule has 0 aliphatic rings. The van der Waals surface area contributed by atoms with Crippen LogP contribution in [0.1, 0.15) is 32.2 Å². The van der Waals surface area contributed by atoms with E-state index in [1.54, 1.807) is 0 Å². The molecule has 0 aliphatic heterocycles. The van der Waals surface area contributed by atoms with Crippen molar-refractivity contribution < 1.29 is 13.2 Å². The molecule has 2 rings (SSSR count). The van der Waals surface area contributed by atoms with Crippen LogP contribution in [0.5, 0.6) is 0 Å². The second kappa shape index (κ2) is 5.02. The van der Waals surface area contributed by atoms with Crippen LogP contribution in [0.25, 0.3) is 11.3 Å². The number of nitrogens with one attached hydrogen (secondary N) is 1.